The molecule has 12 nitrogen and oxygen atoms in total. The fourth-order valence-electron chi connectivity index (χ4n) is 5.42. The Labute approximate surface area is 302 Å². The number of aliphatic hydroxyl groups excluding tert-OH is 1. The molecule has 0 aliphatic carbocycles. The Kier molecular flexibility index (Phi) is 14.6. The predicted octanol–water partition coefficient (Wildman–Crippen LogP) is 4.56. The molecule has 51 heavy (non-hydrogen) atoms. The van der Waals surface area contributed by atoms with E-state index >= 15 is 0 Å². The van der Waals surface area contributed by atoms with E-state index in [1.54, 1.807) is 11.2 Å². The number of carbonyl (C=O) groups is 3. The van der Waals surface area contributed by atoms with Crippen LogP contribution in [0.5, 0.6) is 0 Å². The maximum absolute atomic E-state index is 13.9. The fourth-order valence-corrected chi connectivity index (χ4v) is 5.42. The highest BCUT2D eigenvalue weighted by molar-refractivity contribution is 5.86. The number of pyridine rings is 1. The van der Waals surface area contributed by atoms with Gasteiger partial charge in [0.25, 0.3) is 5.91 Å². The van der Waals surface area contributed by atoms with Gasteiger partial charge in [-0.2, -0.15) is 0 Å². The van der Waals surface area contributed by atoms with Crippen LogP contribution in [-0.2, 0) is 32.0 Å². The molecule has 4 atom stereocenters. The Balaban J connectivity index is 1.96. The SMILES string of the molecule is C=C(NC(C(=O)N[C@@H](Cc1ccccc1)[C@@H](O)CN(Cc1ccc(-c2ccccn2)cc1)NC(=O)[C@@H](NC(=O)OC)C(C)(C)C)C(C)(C)C)OC. The first-order valence-corrected chi connectivity index (χ1v) is 16.9. The van der Waals surface area contributed by atoms with Crippen molar-refractivity contribution in [2.45, 2.75) is 78.7 Å². The van der Waals surface area contributed by atoms with Crippen LogP contribution >= 0.6 is 0 Å². The first-order chi connectivity index (χ1) is 24.0. The number of amides is 3. The van der Waals surface area contributed by atoms with Gasteiger partial charge in [-0.25, -0.2) is 9.80 Å². The molecule has 5 N–H and O–H groups in total. The highest BCUT2D eigenvalue weighted by Gasteiger charge is 2.37. The lowest BCUT2D eigenvalue weighted by Gasteiger charge is -2.36. The second-order valence-corrected chi connectivity index (χ2v) is 14.6. The molecule has 0 aliphatic rings. The summed E-state index contributed by atoms with van der Waals surface area (Å²) in [4.78, 5) is 44.3. The number of nitrogens with zero attached hydrogens (tertiary/aromatic N) is 2. The van der Waals surface area contributed by atoms with E-state index in [1.807, 2.05) is 114 Å². The smallest absolute Gasteiger partial charge is 0.407 e. The molecule has 0 aliphatic heterocycles. The number of hydrazine groups is 1. The Morgan fingerprint density at radius 2 is 1.39 bits per heavy atom. The lowest BCUT2D eigenvalue weighted by molar-refractivity contribution is -0.132. The molecule has 0 fully saturated rings. The van der Waals surface area contributed by atoms with Gasteiger partial charge in [-0.15, -0.1) is 0 Å². The van der Waals surface area contributed by atoms with Crippen molar-refractivity contribution in [1.82, 2.24) is 31.4 Å². The molecule has 0 saturated carbocycles. The van der Waals surface area contributed by atoms with Crippen LogP contribution in [0.4, 0.5) is 4.79 Å². The zero-order valence-corrected chi connectivity index (χ0v) is 31.0. The highest BCUT2D eigenvalue weighted by Crippen LogP contribution is 2.23. The van der Waals surface area contributed by atoms with E-state index in [0.29, 0.717) is 6.42 Å². The number of nitrogens with one attached hydrogen (secondary N) is 4. The summed E-state index contributed by atoms with van der Waals surface area (Å²) in [5, 5.41) is 22.2. The maximum atomic E-state index is 13.9. The van der Waals surface area contributed by atoms with E-state index in [9.17, 15) is 19.5 Å². The molecule has 3 aromatic rings. The first kappa shape index (κ1) is 40.5. The molecule has 276 valence electrons. The summed E-state index contributed by atoms with van der Waals surface area (Å²) < 4.78 is 10.00. The van der Waals surface area contributed by atoms with Crippen molar-refractivity contribution in [2.75, 3.05) is 20.8 Å². The van der Waals surface area contributed by atoms with Gasteiger partial charge >= 0.3 is 6.09 Å². The topological polar surface area (TPSA) is 154 Å². The van der Waals surface area contributed by atoms with Crippen LogP contribution in [0, 0.1) is 10.8 Å². The normalized spacial score (nSPS) is 14.0. The number of carbonyl (C=O) groups excluding carboxylic acids is 3. The second-order valence-electron chi connectivity index (χ2n) is 14.6. The molecule has 12 heteroatoms. The average Bonchev–Trinajstić information content (AvgIpc) is 3.08. The van der Waals surface area contributed by atoms with Crippen LogP contribution in [-0.4, -0.2) is 78.0 Å². The third kappa shape index (κ3) is 12.7. The predicted molar refractivity (Wildman–Crippen MR) is 198 cm³/mol. The third-order valence-corrected chi connectivity index (χ3v) is 8.31. The van der Waals surface area contributed by atoms with Gasteiger partial charge in [-0.1, -0.05) is 102 Å². The zero-order valence-electron chi connectivity index (χ0n) is 31.0. The Hall–Kier alpha value is -4.94. The van der Waals surface area contributed by atoms with Crippen LogP contribution in [0.15, 0.2) is 91.5 Å². The van der Waals surface area contributed by atoms with Crippen molar-refractivity contribution in [2.24, 2.45) is 10.8 Å². The molecule has 3 rings (SSSR count). The van der Waals surface area contributed by atoms with Gasteiger partial charge in [-0.3, -0.25) is 20.0 Å². The minimum absolute atomic E-state index is 0.0704. The summed E-state index contributed by atoms with van der Waals surface area (Å²) >= 11 is 0. The lowest BCUT2D eigenvalue weighted by Crippen LogP contribution is -2.60. The molecule has 0 saturated heterocycles. The van der Waals surface area contributed by atoms with Gasteiger partial charge in [0.1, 0.15) is 12.1 Å². The van der Waals surface area contributed by atoms with Crippen molar-refractivity contribution in [3.8, 4) is 11.3 Å². The van der Waals surface area contributed by atoms with Crippen LogP contribution in [0.25, 0.3) is 11.3 Å². The molecule has 0 bridgehead atoms. The number of methoxy groups -OCH3 is 2. The van der Waals surface area contributed by atoms with Gasteiger partial charge in [0, 0.05) is 24.8 Å². The monoisotopic (exact) mass is 702 g/mol. The van der Waals surface area contributed by atoms with Crippen molar-refractivity contribution >= 4 is 17.9 Å². The summed E-state index contributed by atoms with van der Waals surface area (Å²) in [6, 6.07) is 20.5. The van der Waals surface area contributed by atoms with E-state index in [1.165, 1.54) is 14.2 Å². The molecule has 1 heterocycles. The molecule has 1 unspecified atom stereocenters. The highest BCUT2D eigenvalue weighted by atomic mass is 16.5. The van der Waals surface area contributed by atoms with Gasteiger partial charge in [0.15, 0.2) is 5.88 Å². The number of alkyl carbamates (subject to hydrolysis) is 1. The van der Waals surface area contributed by atoms with Crippen molar-refractivity contribution in [3.05, 3.63) is 103 Å². The first-order valence-electron chi connectivity index (χ1n) is 16.9. The second kappa shape index (κ2) is 18.3. The molecular formula is C39H54N6O6. The summed E-state index contributed by atoms with van der Waals surface area (Å²) in [5.74, 6) is -0.609. The summed E-state index contributed by atoms with van der Waals surface area (Å²) in [6.07, 6.45) is 0.139. The largest absolute Gasteiger partial charge is 0.483 e. The molecule has 0 spiro atoms. The number of ether oxygens (including phenoxy) is 2. The number of hydrogen-bond donors (Lipinski definition) is 5. The summed E-state index contributed by atoms with van der Waals surface area (Å²) in [5.41, 5.74) is 5.20. The molecule has 0 radical (unpaired) electrons. The van der Waals surface area contributed by atoms with Gasteiger partial charge in [0.05, 0.1) is 32.1 Å². The van der Waals surface area contributed by atoms with E-state index < -0.39 is 47.1 Å². The van der Waals surface area contributed by atoms with Crippen LogP contribution in [0.1, 0.15) is 52.7 Å². The van der Waals surface area contributed by atoms with Gasteiger partial charge in [0.2, 0.25) is 5.91 Å². The number of benzene rings is 2. The van der Waals surface area contributed by atoms with Gasteiger partial charge < -0.3 is 30.5 Å². The van der Waals surface area contributed by atoms with E-state index in [2.05, 4.69) is 32.9 Å². The molecule has 3 amide bonds. The number of hydrogen-bond acceptors (Lipinski definition) is 9. The lowest BCUT2D eigenvalue weighted by atomic mass is 9.85. The molecule has 2 aromatic carbocycles. The number of rotatable bonds is 16. The summed E-state index contributed by atoms with van der Waals surface area (Å²) in [7, 11) is 2.70. The van der Waals surface area contributed by atoms with Crippen LogP contribution in [0.2, 0.25) is 0 Å². The van der Waals surface area contributed by atoms with Gasteiger partial charge in [-0.05, 0) is 47.1 Å². The minimum atomic E-state index is -1.16. The van der Waals surface area contributed by atoms with E-state index in [-0.39, 0.29) is 24.9 Å². The summed E-state index contributed by atoms with van der Waals surface area (Å²) in [6.45, 7) is 15.2. The molecular weight excluding hydrogens is 648 g/mol. The zero-order chi connectivity index (χ0) is 37.8. The molecule has 1 aromatic heterocycles. The standard InChI is InChI=1S/C39H54N6O6/c1-26(50-8)41-33(38(2,3)4)35(47)42-31(23-27-15-11-10-12-16-27)32(46)25-45(44-36(48)34(39(5,6)7)43-37(49)51-9)24-28-18-20-29(21-19-28)30-17-13-14-22-40-30/h10-22,31-34,41,46H,1,23-25H2,2-9H3,(H,42,47)(H,43,49)(H,44,48)/t31-,32-,33?,34+/m0/s1. The Bertz CT molecular complexity index is 1570. The Morgan fingerprint density at radius 3 is 1.94 bits per heavy atom. The van der Waals surface area contributed by atoms with Crippen molar-refractivity contribution < 1.29 is 29.0 Å². The minimum Gasteiger partial charge on any atom is -0.483 e. The van der Waals surface area contributed by atoms with E-state index in [4.69, 9.17) is 9.47 Å². The fraction of sp³-hybridized carbons (Fsp3) is 0.436. The average molecular weight is 703 g/mol. The van der Waals surface area contributed by atoms with Crippen molar-refractivity contribution in [3.63, 3.8) is 0 Å². The number of aromatic nitrogens is 1. The third-order valence-electron chi connectivity index (χ3n) is 8.31. The quantitative estimate of drug-likeness (QED) is 0.107. The Morgan fingerprint density at radius 1 is 0.784 bits per heavy atom. The maximum Gasteiger partial charge on any atom is 0.407 e. The number of aliphatic hydroxyl groups is 1. The van der Waals surface area contributed by atoms with E-state index in [0.717, 1.165) is 22.4 Å². The van der Waals surface area contributed by atoms with Crippen LogP contribution in [0.3, 0.4) is 0 Å². The van der Waals surface area contributed by atoms with Crippen molar-refractivity contribution in [1.29, 1.82) is 0 Å². The van der Waals surface area contributed by atoms with Crippen LogP contribution < -0.4 is 21.4 Å².